The Bertz CT molecular complexity index is 597. The molecule has 6 heteroatoms. The largest absolute Gasteiger partial charge is 0.343 e. The Hall–Kier alpha value is -1.92. The first-order chi connectivity index (χ1) is 12.6. The molecule has 152 valence electrons. The predicted octanol–water partition coefficient (Wildman–Crippen LogP) is 2.65. The van der Waals surface area contributed by atoms with Gasteiger partial charge < -0.3 is 21.3 Å². The zero-order valence-corrected chi connectivity index (χ0v) is 17.7. The van der Waals surface area contributed by atoms with E-state index in [-0.39, 0.29) is 29.8 Å². The normalized spacial score (nSPS) is 13.7. The molecule has 1 rings (SSSR count). The summed E-state index contributed by atoms with van der Waals surface area (Å²) in [5.74, 6) is -0.255. The molecular formula is C21H36N4O2. The molecule has 0 spiro atoms. The number of rotatable bonds is 10. The molecule has 0 aliphatic carbocycles. The van der Waals surface area contributed by atoms with Crippen molar-refractivity contribution >= 4 is 17.5 Å². The van der Waals surface area contributed by atoms with E-state index < -0.39 is 6.04 Å². The highest BCUT2D eigenvalue weighted by atomic mass is 16.2. The van der Waals surface area contributed by atoms with Crippen molar-refractivity contribution in [2.75, 3.05) is 5.32 Å². The second kappa shape index (κ2) is 11.0. The Labute approximate surface area is 163 Å². The monoisotopic (exact) mass is 376 g/mol. The van der Waals surface area contributed by atoms with Gasteiger partial charge in [0.2, 0.25) is 11.8 Å². The maximum atomic E-state index is 12.5. The van der Waals surface area contributed by atoms with Crippen molar-refractivity contribution in [3.05, 3.63) is 29.8 Å². The molecule has 2 atom stereocenters. The van der Waals surface area contributed by atoms with E-state index in [4.69, 9.17) is 0 Å². The summed E-state index contributed by atoms with van der Waals surface area (Å²) in [6.45, 7) is 14.7. The molecule has 0 heterocycles. The van der Waals surface area contributed by atoms with Crippen molar-refractivity contribution in [2.45, 2.75) is 79.2 Å². The minimum absolute atomic E-state index is 0.134. The van der Waals surface area contributed by atoms with Gasteiger partial charge in [0.05, 0.1) is 6.04 Å². The first-order valence-corrected chi connectivity index (χ1v) is 9.79. The lowest BCUT2D eigenvalue weighted by Crippen LogP contribution is -2.53. The quantitative estimate of drug-likeness (QED) is 0.506. The molecule has 1 aromatic rings. The number of carbonyl (C=O) groups is 2. The summed E-state index contributed by atoms with van der Waals surface area (Å²) in [6, 6.07) is 7.39. The van der Waals surface area contributed by atoms with E-state index in [0.29, 0.717) is 6.04 Å². The van der Waals surface area contributed by atoms with Gasteiger partial charge in [-0.2, -0.15) is 0 Å². The highest BCUT2D eigenvalue weighted by Crippen LogP contribution is 2.10. The van der Waals surface area contributed by atoms with Crippen molar-refractivity contribution in [1.29, 1.82) is 0 Å². The van der Waals surface area contributed by atoms with Crippen LogP contribution in [0.25, 0.3) is 0 Å². The Morgan fingerprint density at radius 2 is 1.44 bits per heavy atom. The van der Waals surface area contributed by atoms with Gasteiger partial charge >= 0.3 is 0 Å². The fraction of sp³-hybridized carbons (Fsp3) is 0.619. The average molecular weight is 377 g/mol. The maximum Gasteiger partial charge on any atom is 0.246 e. The van der Waals surface area contributed by atoms with Crippen LogP contribution in [0.3, 0.4) is 0 Å². The molecule has 4 N–H and O–H groups in total. The number of hydrogen-bond acceptors (Lipinski definition) is 4. The molecule has 0 aromatic heterocycles. The molecular weight excluding hydrogens is 340 g/mol. The lowest BCUT2D eigenvalue weighted by atomic mass is 10.0. The second-order valence-corrected chi connectivity index (χ2v) is 8.00. The molecule has 0 saturated carbocycles. The first kappa shape index (κ1) is 23.1. The van der Waals surface area contributed by atoms with E-state index in [2.05, 4.69) is 35.1 Å². The maximum absolute atomic E-state index is 12.5. The minimum atomic E-state index is -0.616. The van der Waals surface area contributed by atoms with Crippen LogP contribution < -0.4 is 21.3 Å². The van der Waals surface area contributed by atoms with Gasteiger partial charge in [-0.3, -0.25) is 9.59 Å². The Kier molecular flexibility index (Phi) is 9.46. The van der Waals surface area contributed by atoms with E-state index >= 15 is 0 Å². The van der Waals surface area contributed by atoms with Crippen molar-refractivity contribution in [2.24, 2.45) is 5.92 Å². The molecule has 0 saturated heterocycles. The fourth-order valence-corrected chi connectivity index (χ4v) is 2.58. The van der Waals surface area contributed by atoms with Crippen LogP contribution in [0.5, 0.6) is 0 Å². The number of benzene rings is 1. The van der Waals surface area contributed by atoms with Crippen molar-refractivity contribution in [3.63, 3.8) is 0 Å². The van der Waals surface area contributed by atoms with Gasteiger partial charge in [-0.15, -0.1) is 0 Å². The average Bonchev–Trinajstić information content (AvgIpc) is 2.58. The van der Waals surface area contributed by atoms with Crippen LogP contribution >= 0.6 is 0 Å². The van der Waals surface area contributed by atoms with E-state index in [1.165, 1.54) is 0 Å². The molecule has 0 aliphatic rings. The molecule has 0 fully saturated rings. The first-order valence-electron chi connectivity index (χ1n) is 9.79. The number of hydrogen-bond donors (Lipinski definition) is 4. The summed E-state index contributed by atoms with van der Waals surface area (Å²) in [4.78, 5) is 24.9. The van der Waals surface area contributed by atoms with Crippen molar-refractivity contribution in [3.8, 4) is 0 Å². The van der Waals surface area contributed by atoms with Gasteiger partial charge in [-0.25, -0.2) is 0 Å². The van der Waals surface area contributed by atoms with Gasteiger partial charge in [0.15, 0.2) is 0 Å². The van der Waals surface area contributed by atoms with Crippen LogP contribution in [0, 0.1) is 5.92 Å². The van der Waals surface area contributed by atoms with E-state index in [1.54, 1.807) is 6.92 Å². The topological polar surface area (TPSA) is 82.3 Å². The van der Waals surface area contributed by atoms with Crippen LogP contribution in [0.1, 0.15) is 54.0 Å². The molecule has 6 nitrogen and oxygen atoms in total. The molecule has 0 radical (unpaired) electrons. The Morgan fingerprint density at radius 1 is 0.852 bits per heavy atom. The SMILES string of the molecule is CC(C)NCc1ccc(NC(=O)[C@H](C)NC(=O)[C@@H](NC(C)C)C(C)C)cc1. The van der Waals surface area contributed by atoms with Crippen LogP contribution in [-0.2, 0) is 16.1 Å². The van der Waals surface area contributed by atoms with Gasteiger partial charge in [-0.05, 0) is 30.5 Å². The van der Waals surface area contributed by atoms with E-state index in [1.807, 2.05) is 52.0 Å². The third-order valence-corrected chi connectivity index (χ3v) is 4.15. The number of nitrogens with one attached hydrogen (secondary N) is 4. The summed E-state index contributed by atoms with van der Waals surface area (Å²) in [5, 5.41) is 12.3. The highest BCUT2D eigenvalue weighted by Gasteiger charge is 2.25. The highest BCUT2D eigenvalue weighted by molar-refractivity contribution is 5.97. The van der Waals surface area contributed by atoms with Crippen LogP contribution in [0.2, 0.25) is 0 Å². The number of amides is 2. The smallest absolute Gasteiger partial charge is 0.246 e. The van der Waals surface area contributed by atoms with Crippen LogP contribution in [0.4, 0.5) is 5.69 Å². The number of anilines is 1. The van der Waals surface area contributed by atoms with Gasteiger partial charge in [-0.1, -0.05) is 53.7 Å². The Morgan fingerprint density at radius 3 is 1.93 bits per heavy atom. The molecule has 0 aliphatic heterocycles. The lowest BCUT2D eigenvalue weighted by Gasteiger charge is -2.25. The molecule has 27 heavy (non-hydrogen) atoms. The number of carbonyl (C=O) groups excluding carboxylic acids is 2. The molecule has 0 unspecified atom stereocenters. The van der Waals surface area contributed by atoms with Crippen molar-refractivity contribution < 1.29 is 9.59 Å². The molecule has 0 bridgehead atoms. The van der Waals surface area contributed by atoms with E-state index in [0.717, 1.165) is 17.8 Å². The zero-order chi connectivity index (χ0) is 20.6. The summed E-state index contributed by atoms with van der Waals surface area (Å²) in [5.41, 5.74) is 1.87. The third kappa shape index (κ3) is 8.54. The summed E-state index contributed by atoms with van der Waals surface area (Å²) in [7, 11) is 0. The minimum Gasteiger partial charge on any atom is -0.343 e. The molecule has 1 aromatic carbocycles. The van der Waals surface area contributed by atoms with Gasteiger partial charge in [0, 0.05) is 24.3 Å². The summed E-state index contributed by atoms with van der Waals surface area (Å²) >= 11 is 0. The summed E-state index contributed by atoms with van der Waals surface area (Å²) in [6.07, 6.45) is 0. The lowest BCUT2D eigenvalue weighted by molar-refractivity contribution is -0.128. The van der Waals surface area contributed by atoms with Gasteiger partial charge in [0.25, 0.3) is 0 Å². The zero-order valence-electron chi connectivity index (χ0n) is 17.7. The van der Waals surface area contributed by atoms with E-state index in [9.17, 15) is 9.59 Å². The fourth-order valence-electron chi connectivity index (χ4n) is 2.58. The summed E-state index contributed by atoms with van der Waals surface area (Å²) < 4.78 is 0. The van der Waals surface area contributed by atoms with Crippen LogP contribution in [-0.4, -0.2) is 36.0 Å². The third-order valence-electron chi connectivity index (χ3n) is 4.15. The van der Waals surface area contributed by atoms with Crippen LogP contribution in [0.15, 0.2) is 24.3 Å². The second-order valence-electron chi connectivity index (χ2n) is 8.00. The predicted molar refractivity (Wildman–Crippen MR) is 112 cm³/mol. The molecule has 2 amide bonds. The van der Waals surface area contributed by atoms with Gasteiger partial charge in [0.1, 0.15) is 6.04 Å². The Balaban J connectivity index is 2.59. The standard InChI is InChI=1S/C21H36N4O2/c1-13(2)19(23-15(5)6)21(27)24-16(7)20(26)25-18-10-8-17(9-11-18)12-22-14(3)4/h8-11,13-16,19,22-23H,12H2,1-7H3,(H,24,27)(H,25,26)/t16-,19-/m0/s1. The van der Waals surface area contributed by atoms with Crippen molar-refractivity contribution in [1.82, 2.24) is 16.0 Å².